The van der Waals surface area contributed by atoms with Crippen LogP contribution < -0.4 is 5.73 Å². The average Bonchev–Trinajstić information content (AvgIpc) is 2.23. The molecule has 1 rings (SSSR count). The van der Waals surface area contributed by atoms with Gasteiger partial charge >= 0.3 is 0 Å². The van der Waals surface area contributed by atoms with E-state index in [1.165, 1.54) is 5.56 Å². The molecule has 1 aromatic carbocycles. The van der Waals surface area contributed by atoms with Crippen LogP contribution in [0.4, 0.5) is 5.69 Å². The lowest BCUT2D eigenvalue weighted by Gasteiger charge is -2.18. The maximum absolute atomic E-state index is 5.78. The first-order chi connectivity index (χ1) is 7.17. The first kappa shape index (κ1) is 11.8. The highest BCUT2D eigenvalue weighted by molar-refractivity contribution is 5.47. The fraction of sp³-hybridized carbons (Fsp3) is 0.385. The van der Waals surface area contributed by atoms with Gasteiger partial charge in [0.2, 0.25) is 0 Å². The molecule has 0 saturated carbocycles. The van der Waals surface area contributed by atoms with Crippen LogP contribution in [0.25, 0.3) is 0 Å². The molecule has 0 aliphatic rings. The van der Waals surface area contributed by atoms with Crippen LogP contribution in [0.1, 0.15) is 18.1 Å². The summed E-state index contributed by atoms with van der Waals surface area (Å²) in [5.41, 5.74) is 9.11. The van der Waals surface area contributed by atoms with E-state index < -0.39 is 0 Å². The van der Waals surface area contributed by atoms with Gasteiger partial charge in [-0.05, 0) is 30.7 Å². The molecule has 0 radical (unpaired) electrons. The molecule has 0 fully saturated rings. The van der Waals surface area contributed by atoms with Gasteiger partial charge in [0.15, 0.2) is 0 Å². The quantitative estimate of drug-likeness (QED) is 0.590. The highest BCUT2D eigenvalue weighted by Crippen LogP contribution is 2.14. The summed E-state index contributed by atoms with van der Waals surface area (Å²) < 4.78 is 0. The predicted octanol–water partition coefficient (Wildman–Crippen LogP) is 2.59. The maximum Gasteiger partial charge on any atom is 0.0343 e. The molecule has 2 heteroatoms. The molecule has 0 saturated heterocycles. The molecule has 15 heavy (non-hydrogen) atoms. The van der Waals surface area contributed by atoms with Gasteiger partial charge in [0.1, 0.15) is 0 Å². The smallest absolute Gasteiger partial charge is 0.0343 e. The van der Waals surface area contributed by atoms with E-state index in [-0.39, 0.29) is 0 Å². The maximum atomic E-state index is 5.78. The zero-order chi connectivity index (χ0) is 11.3. The Bertz CT molecular complexity index is 331. The molecule has 0 heterocycles. The molecular formula is C13H20N2. The minimum Gasteiger partial charge on any atom is -0.399 e. The summed E-state index contributed by atoms with van der Waals surface area (Å²) in [7, 11) is 0. The fourth-order valence-corrected chi connectivity index (χ4v) is 1.58. The molecule has 0 aromatic heterocycles. The molecular weight excluding hydrogens is 184 g/mol. The summed E-state index contributed by atoms with van der Waals surface area (Å²) in [6.45, 7) is 10.9. The van der Waals surface area contributed by atoms with Crippen LogP contribution in [0.5, 0.6) is 0 Å². The number of aryl methyl sites for hydroxylation is 1. The second kappa shape index (κ2) is 5.56. The molecule has 0 amide bonds. The van der Waals surface area contributed by atoms with Gasteiger partial charge in [-0.25, -0.2) is 0 Å². The summed E-state index contributed by atoms with van der Waals surface area (Å²) in [6, 6.07) is 6.22. The summed E-state index contributed by atoms with van der Waals surface area (Å²) >= 11 is 0. The SMILES string of the molecule is C=CCN(CC)Cc1ccc(N)c(C)c1. The number of likely N-dealkylation sites (N-methyl/N-ethyl adjacent to an activating group) is 1. The predicted molar refractivity (Wildman–Crippen MR) is 66.7 cm³/mol. The lowest BCUT2D eigenvalue weighted by atomic mass is 10.1. The molecule has 0 unspecified atom stereocenters. The minimum absolute atomic E-state index is 0.866. The standard InChI is InChI=1S/C13H20N2/c1-4-8-15(5-2)10-12-6-7-13(14)11(3)9-12/h4,6-7,9H,1,5,8,10,14H2,2-3H3. The fourth-order valence-electron chi connectivity index (χ4n) is 1.58. The molecule has 0 spiro atoms. The van der Waals surface area contributed by atoms with Crippen LogP contribution in [-0.4, -0.2) is 18.0 Å². The van der Waals surface area contributed by atoms with E-state index in [9.17, 15) is 0 Å². The van der Waals surface area contributed by atoms with Crippen molar-refractivity contribution in [3.8, 4) is 0 Å². The zero-order valence-electron chi connectivity index (χ0n) is 9.66. The molecule has 0 aliphatic carbocycles. The van der Waals surface area contributed by atoms with E-state index in [0.717, 1.165) is 30.9 Å². The largest absolute Gasteiger partial charge is 0.399 e. The Morgan fingerprint density at radius 2 is 2.20 bits per heavy atom. The van der Waals surface area contributed by atoms with Crippen LogP contribution in [0.15, 0.2) is 30.9 Å². The van der Waals surface area contributed by atoms with Crippen LogP contribution in [0, 0.1) is 6.92 Å². The number of rotatable bonds is 5. The number of nitrogens with zero attached hydrogens (tertiary/aromatic N) is 1. The number of nitrogens with two attached hydrogens (primary N) is 1. The normalized spacial score (nSPS) is 10.6. The van der Waals surface area contributed by atoms with Gasteiger partial charge < -0.3 is 5.73 Å². The molecule has 82 valence electrons. The monoisotopic (exact) mass is 204 g/mol. The number of nitrogen functional groups attached to an aromatic ring is 1. The van der Waals surface area contributed by atoms with Crippen molar-refractivity contribution < 1.29 is 0 Å². The lowest BCUT2D eigenvalue weighted by molar-refractivity contribution is 0.311. The average molecular weight is 204 g/mol. The van der Waals surface area contributed by atoms with E-state index in [1.807, 2.05) is 19.1 Å². The van der Waals surface area contributed by atoms with Gasteiger partial charge in [-0.3, -0.25) is 4.90 Å². The van der Waals surface area contributed by atoms with Crippen molar-refractivity contribution in [2.45, 2.75) is 20.4 Å². The first-order valence-corrected chi connectivity index (χ1v) is 5.35. The molecule has 0 bridgehead atoms. The highest BCUT2D eigenvalue weighted by atomic mass is 15.1. The van der Waals surface area contributed by atoms with Crippen molar-refractivity contribution in [2.24, 2.45) is 0 Å². The van der Waals surface area contributed by atoms with Crippen molar-refractivity contribution in [3.63, 3.8) is 0 Å². The van der Waals surface area contributed by atoms with Crippen LogP contribution in [-0.2, 0) is 6.54 Å². The Kier molecular flexibility index (Phi) is 4.37. The lowest BCUT2D eigenvalue weighted by Crippen LogP contribution is -2.22. The van der Waals surface area contributed by atoms with Gasteiger partial charge in [0.05, 0.1) is 0 Å². The number of hydrogen-bond acceptors (Lipinski definition) is 2. The summed E-state index contributed by atoms with van der Waals surface area (Å²) in [5.74, 6) is 0. The van der Waals surface area contributed by atoms with E-state index >= 15 is 0 Å². The second-order valence-corrected chi connectivity index (χ2v) is 3.81. The summed E-state index contributed by atoms with van der Waals surface area (Å²) in [6.07, 6.45) is 1.94. The first-order valence-electron chi connectivity index (χ1n) is 5.35. The van der Waals surface area contributed by atoms with Crippen LogP contribution in [0.3, 0.4) is 0 Å². The van der Waals surface area contributed by atoms with E-state index in [0.29, 0.717) is 0 Å². The molecule has 0 aliphatic heterocycles. The topological polar surface area (TPSA) is 29.3 Å². The van der Waals surface area contributed by atoms with E-state index in [1.54, 1.807) is 0 Å². The molecule has 2 nitrogen and oxygen atoms in total. The highest BCUT2D eigenvalue weighted by Gasteiger charge is 2.02. The van der Waals surface area contributed by atoms with Crippen LogP contribution in [0.2, 0.25) is 0 Å². The summed E-state index contributed by atoms with van der Waals surface area (Å²) in [4.78, 5) is 2.33. The Morgan fingerprint density at radius 1 is 1.47 bits per heavy atom. The number of benzene rings is 1. The Morgan fingerprint density at radius 3 is 2.73 bits per heavy atom. The Balaban J connectivity index is 2.70. The van der Waals surface area contributed by atoms with E-state index in [4.69, 9.17) is 5.73 Å². The number of anilines is 1. The van der Waals surface area contributed by atoms with Gasteiger partial charge in [-0.2, -0.15) is 0 Å². The zero-order valence-corrected chi connectivity index (χ0v) is 9.66. The van der Waals surface area contributed by atoms with Gasteiger partial charge in [-0.1, -0.05) is 25.1 Å². The van der Waals surface area contributed by atoms with Crippen molar-refractivity contribution in [1.29, 1.82) is 0 Å². The molecule has 0 atom stereocenters. The van der Waals surface area contributed by atoms with Crippen molar-refractivity contribution in [2.75, 3.05) is 18.8 Å². The third-order valence-electron chi connectivity index (χ3n) is 2.57. The third-order valence-corrected chi connectivity index (χ3v) is 2.57. The van der Waals surface area contributed by atoms with Gasteiger partial charge in [0.25, 0.3) is 0 Å². The molecule has 2 N–H and O–H groups in total. The van der Waals surface area contributed by atoms with Crippen molar-refractivity contribution in [1.82, 2.24) is 4.90 Å². The Hall–Kier alpha value is -1.28. The second-order valence-electron chi connectivity index (χ2n) is 3.81. The summed E-state index contributed by atoms with van der Waals surface area (Å²) in [5, 5.41) is 0. The minimum atomic E-state index is 0.866. The van der Waals surface area contributed by atoms with Gasteiger partial charge in [-0.15, -0.1) is 6.58 Å². The van der Waals surface area contributed by atoms with E-state index in [2.05, 4.69) is 30.5 Å². The van der Waals surface area contributed by atoms with Crippen molar-refractivity contribution in [3.05, 3.63) is 42.0 Å². The Labute approximate surface area is 92.4 Å². The van der Waals surface area contributed by atoms with Gasteiger partial charge in [0, 0.05) is 18.8 Å². The van der Waals surface area contributed by atoms with Crippen LogP contribution >= 0.6 is 0 Å². The van der Waals surface area contributed by atoms with Crippen molar-refractivity contribution >= 4 is 5.69 Å². The molecule has 1 aromatic rings. The number of hydrogen-bond donors (Lipinski definition) is 1. The third kappa shape index (κ3) is 3.40.